The van der Waals surface area contributed by atoms with Crippen LogP contribution < -0.4 is 5.43 Å². The first-order chi connectivity index (χ1) is 11.7. The van der Waals surface area contributed by atoms with Crippen LogP contribution in [-0.2, 0) is 0 Å². The predicted molar refractivity (Wildman–Crippen MR) is 92.3 cm³/mol. The third-order valence-corrected chi connectivity index (χ3v) is 3.61. The molecule has 120 valence electrons. The minimum Gasteiger partial charge on any atom is -0.266 e. The van der Waals surface area contributed by atoms with Gasteiger partial charge in [-0.15, -0.1) is 0 Å². The first-order valence-electron chi connectivity index (χ1n) is 7.53. The second-order valence-corrected chi connectivity index (χ2v) is 5.25. The Kier molecular flexibility index (Phi) is 4.47. The molecule has 0 atom stereocenters. The van der Waals surface area contributed by atoms with E-state index < -0.39 is 0 Å². The summed E-state index contributed by atoms with van der Waals surface area (Å²) in [5.41, 5.74) is 6.45. The van der Waals surface area contributed by atoms with Crippen LogP contribution >= 0.6 is 0 Å². The van der Waals surface area contributed by atoms with E-state index >= 15 is 0 Å². The topological polar surface area (TPSA) is 72.2 Å². The molecule has 0 fully saturated rings. The summed E-state index contributed by atoms with van der Waals surface area (Å²) in [6.45, 7) is 3.88. The van der Waals surface area contributed by atoms with Crippen molar-refractivity contribution < 1.29 is 4.79 Å². The summed E-state index contributed by atoms with van der Waals surface area (Å²) in [6, 6.07) is 15.0. The largest absolute Gasteiger partial charge is 0.289 e. The number of pyridine rings is 1. The SMILES string of the molecule is Cc1nn(-c2ccccc2)c(C)c1/C=N\NC(=O)c1ccccn1. The molecule has 0 aliphatic heterocycles. The third kappa shape index (κ3) is 3.22. The number of carbonyl (C=O) groups is 1. The van der Waals surface area contributed by atoms with Gasteiger partial charge in [0.2, 0.25) is 0 Å². The molecule has 3 rings (SSSR count). The molecule has 0 spiro atoms. The first kappa shape index (κ1) is 15.6. The number of hydrogen-bond acceptors (Lipinski definition) is 4. The summed E-state index contributed by atoms with van der Waals surface area (Å²) in [7, 11) is 0. The average Bonchev–Trinajstić information content (AvgIpc) is 2.91. The molecule has 0 saturated carbocycles. The van der Waals surface area contributed by atoms with Crippen molar-refractivity contribution in [3.05, 3.63) is 77.4 Å². The van der Waals surface area contributed by atoms with E-state index in [9.17, 15) is 4.79 Å². The van der Waals surface area contributed by atoms with Crippen LogP contribution in [0.5, 0.6) is 0 Å². The molecule has 1 amide bonds. The molecule has 0 bridgehead atoms. The van der Waals surface area contributed by atoms with E-state index in [0.717, 1.165) is 22.6 Å². The minimum atomic E-state index is -0.349. The molecule has 2 heterocycles. The fourth-order valence-corrected chi connectivity index (χ4v) is 2.37. The maximum atomic E-state index is 11.9. The molecule has 0 aliphatic carbocycles. The van der Waals surface area contributed by atoms with E-state index in [0.29, 0.717) is 5.69 Å². The monoisotopic (exact) mass is 319 g/mol. The van der Waals surface area contributed by atoms with Crippen molar-refractivity contribution in [1.29, 1.82) is 0 Å². The lowest BCUT2D eigenvalue weighted by Gasteiger charge is -2.03. The molecule has 1 N–H and O–H groups in total. The molecule has 6 nitrogen and oxygen atoms in total. The number of nitrogens with one attached hydrogen (secondary N) is 1. The Balaban J connectivity index is 1.78. The van der Waals surface area contributed by atoms with Crippen LogP contribution in [0, 0.1) is 13.8 Å². The van der Waals surface area contributed by atoms with Gasteiger partial charge in [-0.05, 0) is 38.1 Å². The second-order valence-electron chi connectivity index (χ2n) is 5.25. The van der Waals surface area contributed by atoms with E-state index in [-0.39, 0.29) is 5.91 Å². The van der Waals surface area contributed by atoms with Crippen LogP contribution in [0.15, 0.2) is 59.8 Å². The number of hydrogen-bond donors (Lipinski definition) is 1. The lowest BCUT2D eigenvalue weighted by atomic mass is 10.2. The molecule has 1 aromatic carbocycles. The van der Waals surface area contributed by atoms with Gasteiger partial charge in [-0.3, -0.25) is 9.78 Å². The fourth-order valence-electron chi connectivity index (χ4n) is 2.37. The van der Waals surface area contributed by atoms with Crippen LogP contribution in [0.1, 0.15) is 27.4 Å². The van der Waals surface area contributed by atoms with Gasteiger partial charge in [0.15, 0.2) is 0 Å². The Morgan fingerprint density at radius 2 is 1.88 bits per heavy atom. The summed E-state index contributed by atoms with van der Waals surface area (Å²) in [5, 5.41) is 8.57. The highest BCUT2D eigenvalue weighted by atomic mass is 16.2. The molecular weight excluding hydrogens is 302 g/mol. The van der Waals surface area contributed by atoms with Gasteiger partial charge in [0.1, 0.15) is 5.69 Å². The number of rotatable bonds is 4. The Labute approximate surface area is 139 Å². The van der Waals surface area contributed by atoms with E-state index in [4.69, 9.17) is 0 Å². The fraction of sp³-hybridized carbons (Fsp3) is 0.111. The zero-order valence-corrected chi connectivity index (χ0v) is 13.5. The van der Waals surface area contributed by atoms with E-state index in [1.807, 2.05) is 48.9 Å². The maximum absolute atomic E-state index is 11.9. The minimum absolute atomic E-state index is 0.322. The number of benzene rings is 1. The summed E-state index contributed by atoms with van der Waals surface area (Å²) < 4.78 is 1.86. The number of aromatic nitrogens is 3. The van der Waals surface area contributed by atoms with Crippen molar-refractivity contribution >= 4 is 12.1 Å². The highest BCUT2D eigenvalue weighted by molar-refractivity contribution is 5.93. The van der Waals surface area contributed by atoms with Crippen molar-refractivity contribution in [1.82, 2.24) is 20.2 Å². The van der Waals surface area contributed by atoms with Crippen LogP contribution in [0.25, 0.3) is 5.69 Å². The van der Waals surface area contributed by atoms with Crippen LogP contribution in [0.4, 0.5) is 0 Å². The van der Waals surface area contributed by atoms with Crippen LogP contribution in [-0.4, -0.2) is 26.9 Å². The highest BCUT2D eigenvalue weighted by Crippen LogP contribution is 2.15. The van der Waals surface area contributed by atoms with Crippen molar-refractivity contribution in [3.8, 4) is 5.69 Å². The zero-order chi connectivity index (χ0) is 16.9. The lowest BCUT2D eigenvalue weighted by molar-refractivity contribution is 0.0950. The predicted octanol–water partition coefficient (Wildman–Crippen LogP) is 2.65. The standard InChI is InChI=1S/C18H17N5O/c1-13-16(12-20-21-18(24)17-10-6-7-11-19-17)14(2)23(22-13)15-8-4-3-5-9-15/h3-12H,1-2H3,(H,21,24)/b20-12-. The van der Waals surface area contributed by atoms with Gasteiger partial charge in [-0.25, -0.2) is 10.1 Å². The van der Waals surface area contributed by atoms with E-state index in [1.165, 1.54) is 0 Å². The molecule has 6 heteroatoms. The number of nitrogens with zero attached hydrogens (tertiary/aromatic N) is 4. The molecular formula is C18H17N5O. The first-order valence-corrected chi connectivity index (χ1v) is 7.53. The van der Waals surface area contributed by atoms with Crippen molar-refractivity contribution in [2.75, 3.05) is 0 Å². The summed E-state index contributed by atoms with van der Waals surface area (Å²) in [6.07, 6.45) is 3.18. The average molecular weight is 319 g/mol. The van der Waals surface area contributed by atoms with Crippen LogP contribution in [0.3, 0.4) is 0 Å². The second kappa shape index (κ2) is 6.87. The Morgan fingerprint density at radius 3 is 2.58 bits per heavy atom. The Bertz CT molecular complexity index is 869. The summed E-state index contributed by atoms with van der Waals surface area (Å²) >= 11 is 0. The molecule has 0 radical (unpaired) electrons. The van der Waals surface area contributed by atoms with Gasteiger partial charge in [-0.2, -0.15) is 10.2 Å². The highest BCUT2D eigenvalue weighted by Gasteiger charge is 2.11. The Morgan fingerprint density at radius 1 is 1.12 bits per heavy atom. The van der Waals surface area contributed by atoms with Crippen molar-refractivity contribution in [2.45, 2.75) is 13.8 Å². The molecule has 3 aromatic rings. The molecule has 0 unspecified atom stereocenters. The lowest BCUT2D eigenvalue weighted by Crippen LogP contribution is -2.18. The van der Waals surface area contributed by atoms with Gasteiger partial charge >= 0.3 is 0 Å². The van der Waals surface area contributed by atoms with Crippen molar-refractivity contribution in [2.24, 2.45) is 5.10 Å². The number of carbonyl (C=O) groups excluding carboxylic acids is 1. The Hall–Kier alpha value is -3.28. The molecule has 0 saturated heterocycles. The zero-order valence-electron chi connectivity index (χ0n) is 13.5. The summed E-state index contributed by atoms with van der Waals surface area (Å²) in [5.74, 6) is -0.349. The van der Waals surface area contributed by atoms with Gasteiger partial charge in [0, 0.05) is 11.8 Å². The number of amides is 1. The van der Waals surface area contributed by atoms with Crippen LogP contribution in [0.2, 0.25) is 0 Å². The van der Waals surface area contributed by atoms with Gasteiger partial charge in [-0.1, -0.05) is 24.3 Å². The molecule has 0 aliphatic rings. The number of aryl methyl sites for hydroxylation is 1. The maximum Gasteiger partial charge on any atom is 0.289 e. The van der Waals surface area contributed by atoms with Crippen molar-refractivity contribution in [3.63, 3.8) is 0 Å². The molecule has 24 heavy (non-hydrogen) atoms. The van der Waals surface area contributed by atoms with E-state index in [1.54, 1.807) is 30.6 Å². The van der Waals surface area contributed by atoms with E-state index in [2.05, 4.69) is 20.6 Å². The summed E-state index contributed by atoms with van der Waals surface area (Å²) in [4.78, 5) is 15.9. The smallest absolute Gasteiger partial charge is 0.266 e. The van der Waals surface area contributed by atoms with Gasteiger partial charge in [0.05, 0.1) is 23.3 Å². The number of hydrazone groups is 1. The normalized spacial score (nSPS) is 10.9. The van der Waals surface area contributed by atoms with Gasteiger partial charge < -0.3 is 0 Å². The molecule has 2 aromatic heterocycles. The third-order valence-electron chi connectivity index (χ3n) is 3.61. The number of para-hydroxylation sites is 1. The van der Waals surface area contributed by atoms with Gasteiger partial charge in [0.25, 0.3) is 5.91 Å². The quantitative estimate of drug-likeness (QED) is 0.593.